The molecule has 0 amide bonds. The van der Waals surface area contributed by atoms with Crippen LogP contribution in [-0.2, 0) is 5.41 Å². The molecular weight excluding hydrogens is 236 g/mol. The molecule has 2 aromatic rings. The number of aromatic hydroxyl groups is 1. The summed E-state index contributed by atoms with van der Waals surface area (Å²) in [5.74, 6) is 1.16. The minimum atomic E-state index is 0.0697. The number of hydrogen-bond donors (Lipinski definition) is 1. The van der Waals surface area contributed by atoms with Crippen LogP contribution in [0.4, 0.5) is 0 Å². The van der Waals surface area contributed by atoms with Gasteiger partial charge < -0.3 is 9.84 Å². The first-order valence-electron chi connectivity index (χ1n) is 6.61. The fourth-order valence-electron chi connectivity index (χ4n) is 2.65. The van der Waals surface area contributed by atoms with Crippen molar-refractivity contribution >= 4 is 0 Å². The van der Waals surface area contributed by atoms with Crippen LogP contribution in [-0.4, -0.2) is 12.2 Å². The molecule has 1 aliphatic carbocycles. The van der Waals surface area contributed by atoms with E-state index in [0.717, 1.165) is 35.3 Å². The van der Waals surface area contributed by atoms with E-state index < -0.39 is 0 Å². The Balaban J connectivity index is 2.22. The summed E-state index contributed by atoms with van der Waals surface area (Å²) in [4.78, 5) is 0. The molecule has 0 spiro atoms. The summed E-state index contributed by atoms with van der Waals surface area (Å²) in [6.45, 7) is 2.18. The molecule has 19 heavy (non-hydrogen) atoms. The molecule has 2 nitrogen and oxygen atoms in total. The summed E-state index contributed by atoms with van der Waals surface area (Å²) in [7, 11) is 1.68. The average Bonchev–Trinajstić information content (AvgIpc) is 3.17. The summed E-state index contributed by atoms with van der Waals surface area (Å²) in [6, 6.07) is 13.9. The van der Waals surface area contributed by atoms with Gasteiger partial charge in [0.05, 0.1) is 7.11 Å². The molecule has 0 bridgehead atoms. The average molecular weight is 254 g/mol. The van der Waals surface area contributed by atoms with Crippen molar-refractivity contribution in [3.8, 4) is 22.6 Å². The van der Waals surface area contributed by atoms with Crippen LogP contribution in [0.15, 0.2) is 42.5 Å². The number of phenols is 1. The van der Waals surface area contributed by atoms with Crippen LogP contribution in [0.3, 0.4) is 0 Å². The SMILES string of the molecule is COc1c(-c2ccccc2)ccc(O)c1C1(C)CC1. The number of phenolic OH excluding ortho intramolecular Hbond substituents is 1. The molecule has 0 saturated heterocycles. The number of ether oxygens (including phenoxy) is 1. The smallest absolute Gasteiger partial charge is 0.134 e. The topological polar surface area (TPSA) is 29.5 Å². The van der Waals surface area contributed by atoms with Crippen LogP contribution in [0, 0.1) is 0 Å². The number of rotatable bonds is 3. The van der Waals surface area contributed by atoms with E-state index in [1.807, 2.05) is 24.3 Å². The van der Waals surface area contributed by atoms with E-state index in [1.165, 1.54) is 0 Å². The third-order valence-corrected chi connectivity index (χ3v) is 4.03. The van der Waals surface area contributed by atoms with Gasteiger partial charge >= 0.3 is 0 Å². The van der Waals surface area contributed by atoms with Crippen LogP contribution in [0.5, 0.6) is 11.5 Å². The Kier molecular flexibility index (Phi) is 2.74. The van der Waals surface area contributed by atoms with Crippen LogP contribution in [0.1, 0.15) is 25.3 Å². The second-order valence-electron chi connectivity index (χ2n) is 5.47. The highest BCUT2D eigenvalue weighted by Crippen LogP contribution is 2.55. The van der Waals surface area contributed by atoms with Gasteiger partial charge in [0.2, 0.25) is 0 Å². The predicted molar refractivity (Wildman–Crippen MR) is 76.7 cm³/mol. The highest BCUT2D eigenvalue weighted by molar-refractivity contribution is 5.75. The maximum Gasteiger partial charge on any atom is 0.134 e. The van der Waals surface area contributed by atoms with E-state index in [2.05, 4.69) is 19.1 Å². The Hall–Kier alpha value is -1.96. The largest absolute Gasteiger partial charge is 0.508 e. The Bertz CT molecular complexity index is 598. The van der Waals surface area contributed by atoms with Gasteiger partial charge in [-0.3, -0.25) is 0 Å². The number of benzene rings is 2. The van der Waals surface area contributed by atoms with E-state index in [9.17, 15) is 5.11 Å². The van der Waals surface area contributed by atoms with Gasteiger partial charge in [-0.05, 0) is 36.0 Å². The quantitative estimate of drug-likeness (QED) is 0.892. The molecule has 1 N–H and O–H groups in total. The van der Waals surface area contributed by atoms with Crippen molar-refractivity contribution in [2.75, 3.05) is 7.11 Å². The minimum Gasteiger partial charge on any atom is -0.508 e. The third kappa shape index (κ3) is 1.97. The highest BCUT2D eigenvalue weighted by atomic mass is 16.5. The Morgan fingerprint density at radius 1 is 1.05 bits per heavy atom. The summed E-state index contributed by atoms with van der Waals surface area (Å²) < 4.78 is 5.62. The van der Waals surface area contributed by atoms with Crippen molar-refractivity contribution in [3.05, 3.63) is 48.0 Å². The molecule has 2 aromatic carbocycles. The summed E-state index contributed by atoms with van der Waals surface area (Å²) in [5, 5.41) is 10.2. The van der Waals surface area contributed by atoms with E-state index in [0.29, 0.717) is 5.75 Å². The molecule has 1 aliphatic rings. The Morgan fingerprint density at radius 2 is 1.74 bits per heavy atom. The summed E-state index contributed by atoms with van der Waals surface area (Å²) >= 11 is 0. The van der Waals surface area contributed by atoms with Gasteiger partial charge in [0, 0.05) is 11.1 Å². The third-order valence-electron chi connectivity index (χ3n) is 4.03. The standard InChI is InChI=1S/C17H18O2/c1-17(10-11-17)15-14(18)9-8-13(16(15)19-2)12-6-4-3-5-7-12/h3-9,18H,10-11H2,1-2H3. The monoisotopic (exact) mass is 254 g/mol. The number of hydrogen-bond acceptors (Lipinski definition) is 2. The highest BCUT2D eigenvalue weighted by Gasteiger charge is 2.43. The first-order chi connectivity index (χ1) is 9.15. The van der Waals surface area contributed by atoms with E-state index in [4.69, 9.17) is 4.74 Å². The summed E-state index contributed by atoms with van der Waals surface area (Å²) in [6.07, 6.45) is 2.21. The normalized spacial score (nSPS) is 16.1. The molecule has 1 saturated carbocycles. The van der Waals surface area contributed by atoms with Gasteiger partial charge in [0.25, 0.3) is 0 Å². The molecule has 1 fully saturated rings. The second kappa shape index (κ2) is 4.30. The second-order valence-corrected chi connectivity index (χ2v) is 5.47. The lowest BCUT2D eigenvalue weighted by atomic mass is 9.91. The van der Waals surface area contributed by atoms with Gasteiger partial charge in [-0.25, -0.2) is 0 Å². The van der Waals surface area contributed by atoms with Crippen molar-refractivity contribution in [3.63, 3.8) is 0 Å². The molecule has 2 heteroatoms. The van der Waals surface area contributed by atoms with Crippen molar-refractivity contribution in [1.82, 2.24) is 0 Å². The molecule has 0 aliphatic heterocycles. The summed E-state index contributed by atoms with van der Waals surface area (Å²) in [5.41, 5.74) is 3.19. The zero-order valence-electron chi connectivity index (χ0n) is 11.3. The van der Waals surface area contributed by atoms with E-state index in [-0.39, 0.29) is 5.41 Å². The first kappa shape index (κ1) is 12.1. The van der Waals surface area contributed by atoms with Crippen molar-refractivity contribution in [2.45, 2.75) is 25.2 Å². The lowest BCUT2D eigenvalue weighted by Gasteiger charge is -2.19. The lowest BCUT2D eigenvalue weighted by Crippen LogP contribution is -2.05. The van der Waals surface area contributed by atoms with Crippen LogP contribution in [0.2, 0.25) is 0 Å². The van der Waals surface area contributed by atoms with E-state index >= 15 is 0 Å². The molecular formula is C17H18O2. The molecule has 0 heterocycles. The van der Waals surface area contributed by atoms with Crippen molar-refractivity contribution in [1.29, 1.82) is 0 Å². The first-order valence-corrected chi connectivity index (χ1v) is 6.61. The van der Waals surface area contributed by atoms with Gasteiger partial charge in [0.1, 0.15) is 11.5 Å². The molecule has 0 unspecified atom stereocenters. The van der Waals surface area contributed by atoms with Crippen LogP contribution in [0.25, 0.3) is 11.1 Å². The molecule has 98 valence electrons. The van der Waals surface area contributed by atoms with Gasteiger partial charge in [0.15, 0.2) is 0 Å². The fourth-order valence-corrected chi connectivity index (χ4v) is 2.65. The zero-order valence-corrected chi connectivity index (χ0v) is 11.3. The van der Waals surface area contributed by atoms with Crippen molar-refractivity contribution < 1.29 is 9.84 Å². The molecule has 0 aromatic heterocycles. The van der Waals surface area contributed by atoms with Crippen LogP contribution >= 0.6 is 0 Å². The zero-order chi connectivity index (χ0) is 13.5. The van der Waals surface area contributed by atoms with Crippen LogP contribution < -0.4 is 4.74 Å². The lowest BCUT2D eigenvalue weighted by molar-refractivity contribution is 0.394. The van der Waals surface area contributed by atoms with E-state index in [1.54, 1.807) is 13.2 Å². The van der Waals surface area contributed by atoms with Gasteiger partial charge in [-0.1, -0.05) is 37.3 Å². The fraction of sp³-hybridized carbons (Fsp3) is 0.294. The van der Waals surface area contributed by atoms with Gasteiger partial charge in [-0.15, -0.1) is 0 Å². The molecule has 0 atom stereocenters. The Morgan fingerprint density at radius 3 is 2.32 bits per heavy atom. The Labute approximate surface area is 113 Å². The molecule has 0 radical (unpaired) electrons. The maximum atomic E-state index is 10.2. The maximum absolute atomic E-state index is 10.2. The minimum absolute atomic E-state index is 0.0697. The van der Waals surface area contributed by atoms with Crippen molar-refractivity contribution in [2.24, 2.45) is 0 Å². The number of methoxy groups -OCH3 is 1. The predicted octanol–water partition coefficient (Wildman–Crippen LogP) is 4.12. The molecule has 3 rings (SSSR count). The van der Waals surface area contributed by atoms with Gasteiger partial charge in [-0.2, -0.15) is 0 Å².